The van der Waals surface area contributed by atoms with Gasteiger partial charge in [-0.3, -0.25) is 24.1 Å². The van der Waals surface area contributed by atoms with Crippen LogP contribution in [0.2, 0.25) is 5.02 Å². The number of imide groups is 1. The van der Waals surface area contributed by atoms with Gasteiger partial charge in [-0.1, -0.05) is 29.8 Å². The van der Waals surface area contributed by atoms with Crippen LogP contribution < -0.4 is 21.1 Å². The van der Waals surface area contributed by atoms with Gasteiger partial charge in [-0.2, -0.15) is 0 Å². The molecule has 1 spiro atoms. The third-order valence-electron chi connectivity index (χ3n) is 7.58. The predicted octanol–water partition coefficient (Wildman–Crippen LogP) is 0.817. The van der Waals surface area contributed by atoms with E-state index < -0.39 is 35.2 Å². The number of hydrogen-bond acceptors (Lipinski definition) is 5. The number of anilines is 1. The highest BCUT2D eigenvalue weighted by atomic mass is 35.5. The van der Waals surface area contributed by atoms with Crippen LogP contribution in [0, 0.1) is 18.8 Å². The van der Waals surface area contributed by atoms with Crippen molar-refractivity contribution in [2.24, 2.45) is 17.6 Å². The van der Waals surface area contributed by atoms with Crippen LogP contribution in [0.3, 0.4) is 0 Å². The van der Waals surface area contributed by atoms with Crippen LogP contribution in [0.4, 0.5) is 5.69 Å². The SMILES string of the molecule is COc1ccccc1CN1C(=O)[C@@H]2[C@H](CCC(N)=O)[NH2+][C@]3(C(=O)Nc4c3ccc(Cl)c4C)[C@@H]2C1=O. The molecular formula is C25H26ClN4O5+. The van der Waals surface area contributed by atoms with Gasteiger partial charge in [0.05, 0.1) is 19.3 Å². The van der Waals surface area contributed by atoms with Gasteiger partial charge in [0.1, 0.15) is 23.6 Å². The van der Waals surface area contributed by atoms with E-state index in [0.29, 0.717) is 33.1 Å². The summed E-state index contributed by atoms with van der Waals surface area (Å²) in [6.45, 7) is 1.83. The van der Waals surface area contributed by atoms with Crippen molar-refractivity contribution in [3.8, 4) is 5.75 Å². The zero-order chi connectivity index (χ0) is 25.1. The van der Waals surface area contributed by atoms with Gasteiger partial charge in [0.2, 0.25) is 23.3 Å². The summed E-state index contributed by atoms with van der Waals surface area (Å²) in [4.78, 5) is 54.0. The lowest BCUT2D eigenvalue weighted by Crippen LogP contribution is -2.99. The molecular weight excluding hydrogens is 472 g/mol. The molecule has 0 saturated carbocycles. The summed E-state index contributed by atoms with van der Waals surface area (Å²) in [5.74, 6) is -2.79. The highest BCUT2D eigenvalue weighted by Gasteiger charge is 2.74. The number of amides is 4. The standard InChI is InChI=1S/C25H25ClN4O5/c1-12-15(26)8-7-14-21(12)28-24(34)25(14)20-19(16(29-25)9-10-18(27)31)22(32)30(23(20)33)11-13-5-3-4-6-17(13)35-2/h3-8,16,19-20,29H,9-11H2,1-2H3,(H2,27,31)(H,28,34)/p+1/t16-,19+,20-,25-/m0/s1. The number of hydrogen-bond donors (Lipinski definition) is 3. The molecule has 0 radical (unpaired) electrons. The topological polar surface area (TPSA) is 135 Å². The van der Waals surface area contributed by atoms with Gasteiger partial charge < -0.3 is 21.1 Å². The molecule has 0 unspecified atom stereocenters. The average molecular weight is 498 g/mol. The van der Waals surface area contributed by atoms with Crippen LogP contribution in [-0.4, -0.2) is 41.7 Å². The minimum atomic E-state index is -1.33. The molecule has 5 N–H and O–H groups in total. The molecule has 182 valence electrons. The van der Waals surface area contributed by atoms with E-state index in [0.717, 1.165) is 0 Å². The van der Waals surface area contributed by atoms with E-state index in [4.69, 9.17) is 22.1 Å². The second kappa shape index (κ2) is 8.35. The Morgan fingerprint density at radius 1 is 1.20 bits per heavy atom. The van der Waals surface area contributed by atoms with E-state index in [9.17, 15) is 19.2 Å². The van der Waals surface area contributed by atoms with Crippen molar-refractivity contribution in [1.29, 1.82) is 0 Å². The number of carbonyl (C=O) groups excluding carboxylic acids is 4. The first-order chi connectivity index (χ1) is 16.7. The fraction of sp³-hybridized carbons (Fsp3) is 0.360. The molecule has 35 heavy (non-hydrogen) atoms. The normalized spacial score (nSPS) is 26.8. The van der Waals surface area contributed by atoms with Crippen LogP contribution in [0.1, 0.15) is 29.5 Å². The molecule has 10 heteroatoms. The summed E-state index contributed by atoms with van der Waals surface area (Å²) in [7, 11) is 1.53. The van der Waals surface area contributed by atoms with Crippen molar-refractivity contribution >= 4 is 40.9 Å². The number of benzene rings is 2. The molecule has 0 bridgehead atoms. The van der Waals surface area contributed by atoms with Crippen molar-refractivity contribution in [3.05, 3.63) is 58.1 Å². The van der Waals surface area contributed by atoms with Gasteiger partial charge >= 0.3 is 0 Å². The van der Waals surface area contributed by atoms with E-state index in [1.165, 1.54) is 12.0 Å². The summed E-state index contributed by atoms with van der Waals surface area (Å²) in [5.41, 5.74) is 6.63. The summed E-state index contributed by atoms with van der Waals surface area (Å²) < 4.78 is 5.40. The van der Waals surface area contributed by atoms with Gasteiger partial charge in [0.25, 0.3) is 5.91 Å². The number of rotatable bonds is 6. The number of nitrogens with zero attached hydrogens (tertiary/aromatic N) is 1. The molecule has 3 aliphatic rings. The lowest BCUT2D eigenvalue weighted by Gasteiger charge is -2.26. The Labute approximate surface area is 206 Å². The zero-order valence-electron chi connectivity index (χ0n) is 19.3. The second-order valence-corrected chi connectivity index (χ2v) is 9.74. The quantitative estimate of drug-likeness (QED) is 0.508. The number of carbonyl (C=O) groups is 4. The number of primary amides is 1. The lowest BCUT2D eigenvalue weighted by molar-refractivity contribution is -0.734. The number of fused-ring (bicyclic) bond motifs is 4. The molecule has 4 amide bonds. The molecule has 0 aliphatic carbocycles. The monoisotopic (exact) mass is 497 g/mol. The number of para-hydroxylation sites is 1. The zero-order valence-corrected chi connectivity index (χ0v) is 20.1. The fourth-order valence-corrected chi connectivity index (χ4v) is 6.10. The minimum absolute atomic E-state index is 0.0292. The number of quaternary nitrogens is 1. The van der Waals surface area contributed by atoms with Gasteiger partial charge in [-0.25, -0.2) is 0 Å². The minimum Gasteiger partial charge on any atom is -0.496 e. The van der Waals surface area contributed by atoms with Crippen LogP contribution in [0.15, 0.2) is 36.4 Å². The van der Waals surface area contributed by atoms with Crippen LogP contribution in [0.25, 0.3) is 0 Å². The number of ether oxygens (including phenoxy) is 1. The largest absolute Gasteiger partial charge is 0.496 e. The molecule has 4 atom stereocenters. The Morgan fingerprint density at radius 2 is 1.94 bits per heavy atom. The van der Waals surface area contributed by atoms with E-state index in [-0.39, 0.29) is 31.2 Å². The lowest BCUT2D eigenvalue weighted by atomic mass is 9.76. The van der Waals surface area contributed by atoms with Crippen molar-refractivity contribution < 1.29 is 29.2 Å². The average Bonchev–Trinajstić information content (AvgIpc) is 3.41. The molecule has 5 rings (SSSR count). The number of likely N-dealkylation sites (tertiary alicyclic amines) is 1. The summed E-state index contributed by atoms with van der Waals surface area (Å²) in [6.07, 6.45) is 0.317. The second-order valence-electron chi connectivity index (χ2n) is 9.33. The maximum Gasteiger partial charge on any atom is 0.291 e. The van der Waals surface area contributed by atoms with Crippen LogP contribution in [0.5, 0.6) is 5.75 Å². The first kappa shape index (κ1) is 23.3. The Bertz CT molecular complexity index is 1280. The maximum absolute atomic E-state index is 13.9. The molecule has 0 aromatic heterocycles. The molecule has 9 nitrogen and oxygen atoms in total. The summed E-state index contributed by atoms with van der Waals surface area (Å²) in [6, 6.07) is 10.1. The Hall–Kier alpha value is -3.43. The van der Waals surface area contributed by atoms with E-state index >= 15 is 0 Å². The van der Waals surface area contributed by atoms with Gasteiger partial charge in [0, 0.05) is 29.0 Å². The highest BCUT2D eigenvalue weighted by molar-refractivity contribution is 6.32. The van der Waals surface area contributed by atoms with Crippen molar-refractivity contribution in [2.45, 2.75) is 37.9 Å². The number of nitrogens with two attached hydrogens (primary N) is 2. The molecule has 2 aromatic rings. The van der Waals surface area contributed by atoms with Crippen molar-refractivity contribution in [1.82, 2.24) is 4.90 Å². The van der Waals surface area contributed by atoms with Crippen LogP contribution in [-0.2, 0) is 31.3 Å². The van der Waals surface area contributed by atoms with Gasteiger partial charge in [0.15, 0.2) is 0 Å². The fourth-order valence-electron chi connectivity index (χ4n) is 5.94. The number of halogens is 1. The van der Waals surface area contributed by atoms with Crippen molar-refractivity contribution in [2.75, 3.05) is 12.4 Å². The summed E-state index contributed by atoms with van der Waals surface area (Å²) >= 11 is 6.30. The Balaban J connectivity index is 1.60. The third kappa shape index (κ3) is 3.33. The highest BCUT2D eigenvalue weighted by Crippen LogP contribution is 2.51. The Morgan fingerprint density at radius 3 is 2.66 bits per heavy atom. The predicted molar refractivity (Wildman–Crippen MR) is 126 cm³/mol. The van der Waals surface area contributed by atoms with E-state index in [1.807, 2.05) is 12.1 Å². The molecule has 2 saturated heterocycles. The van der Waals surface area contributed by atoms with Gasteiger partial charge in [-0.05, 0) is 30.7 Å². The first-order valence-corrected chi connectivity index (χ1v) is 11.8. The number of nitrogens with one attached hydrogen (secondary N) is 1. The van der Waals surface area contributed by atoms with E-state index in [2.05, 4.69) is 5.32 Å². The van der Waals surface area contributed by atoms with Crippen LogP contribution >= 0.6 is 11.6 Å². The van der Waals surface area contributed by atoms with E-state index in [1.54, 1.807) is 36.5 Å². The molecule has 2 fully saturated rings. The summed E-state index contributed by atoms with van der Waals surface area (Å²) in [5, 5.41) is 5.19. The Kier molecular flexibility index (Phi) is 5.56. The maximum atomic E-state index is 13.9. The molecule has 3 heterocycles. The molecule has 2 aromatic carbocycles. The van der Waals surface area contributed by atoms with Gasteiger partial charge in [-0.15, -0.1) is 0 Å². The first-order valence-electron chi connectivity index (χ1n) is 11.4. The molecule has 3 aliphatic heterocycles. The third-order valence-corrected chi connectivity index (χ3v) is 7.98. The van der Waals surface area contributed by atoms with Crippen molar-refractivity contribution in [3.63, 3.8) is 0 Å². The smallest absolute Gasteiger partial charge is 0.291 e. The number of methoxy groups -OCH3 is 1.